The molecule has 0 N–H and O–H groups in total. The highest BCUT2D eigenvalue weighted by atomic mass is 15.0. The Labute approximate surface area is 338 Å². The van der Waals surface area contributed by atoms with Gasteiger partial charge < -0.3 is 4.57 Å². The number of rotatable bonds is 6. The number of aromatic nitrogens is 1. The lowest BCUT2D eigenvalue weighted by Gasteiger charge is -2.18. The van der Waals surface area contributed by atoms with Crippen molar-refractivity contribution in [1.82, 2.24) is 4.57 Å². The lowest BCUT2D eigenvalue weighted by molar-refractivity contribution is 1.17. The Morgan fingerprint density at radius 1 is 0.259 bits per heavy atom. The van der Waals surface area contributed by atoms with Crippen molar-refractivity contribution in [3.63, 3.8) is 0 Å². The monoisotopic (exact) mass is 737 g/mol. The van der Waals surface area contributed by atoms with Gasteiger partial charge in [-0.3, -0.25) is 0 Å². The molecule has 58 heavy (non-hydrogen) atoms. The average Bonchev–Trinajstić information content (AvgIpc) is 3.62. The third kappa shape index (κ3) is 5.71. The fourth-order valence-electron chi connectivity index (χ4n) is 9.09. The van der Waals surface area contributed by atoms with E-state index in [2.05, 4.69) is 230 Å². The van der Waals surface area contributed by atoms with E-state index in [4.69, 9.17) is 0 Å². The number of benzene rings is 10. The van der Waals surface area contributed by atoms with Gasteiger partial charge in [-0.1, -0.05) is 188 Å². The summed E-state index contributed by atoms with van der Waals surface area (Å²) < 4.78 is 2.39. The number of nitrogens with zero attached hydrogens (tertiary/aromatic N) is 1. The van der Waals surface area contributed by atoms with E-state index < -0.39 is 0 Å². The Morgan fingerprint density at radius 2 is 0.655 bits per heavy atom. The van der Waals surface area contributed by atoms with E-state index in [1.807, 2.05) is 0 Å². The van der Waals surface area contributed by atoms with Crippen LogP contribution in [0.2, 0.25) is 0 Å². The van der Waals surface area contributed by atoms with E-state index in [0.717, 1.165) is 0 Å². The highest BCUT2D eigenvalue weighted by Gasteiger charge is 2.18. The summed E-state index contributed by atoms with van der Waals surface area (Å²) in [6, 6.07) is 80.0. The number of hydrogen-bond donors (Lipinski definition) is 0. The summed E-state index contributed by atoms with van der Waals surface area (Å²) in [6.45, 7) is 2.16. The van der Waals surface area contributed by atoms with Gasteiger partial charge in [-0.25, -0.2) is 0 Å². The van der Waals surface area contributed by atoms with Gasteiger partial charge in [0.2, 0.25) is 0 Å². The lowest BCUT2D eigenvalue weighted by Crippen LogP contribution is -1.94. The normalized spacial score (nSPS) is 11.5. The molecule has 0 amide bonds. The summed E-state index contributed by atoms with van der Waals surface area (Å²) in [4.78, 5) is 0. The van der Waals surface area contributed by atoms with Crippen molar-refractivity contribution in [2.75, 3.05) is 0 Å². The molecule has 0 saturated heterocycles. The zero-order chi connectivity index (χ0) is 38.6. The van der Waals surface area contributed by atoms with Crippen LogP contribution in [0.25, 0.3) is 105 Å². The van der Waals surface area contributed by atoms with Crippen molar-refractivity contribution in [2.45, 2.75) is 6.92 Å². The van der Waals surface area contributed by atoms with Gasteiger partial charge in [-0.15, -0.1) is 0 Å². The van der Waals surface area contributed by atoms with Gasteiger partial charge in [0.25, 0.3) is 0 Å². The number of aryl methyl sites for hydroxylation is 1. The van der Waals surface area contributed by atoms with E-state index >= 15 is 0 Å². The topological polar surface area (TPSA) is 4.93 Å². The Kier molecular flexibility index (Phi) is 8.12. The van der Waals surface area contributed by atoms with Crippen molar-refractivity contribution in [2.24, 2.45) is 0 Å². The van der Waals surface area contributed by atoms with Gasteiger partial charge in [0.05, 0.1) is 11.0 Å². The second-order valence-corrected chi connectivity index (χ2v) is 15.4. The molecule has 0 saturated carbocycles. The van der Waals surface area contributed by atoms with Crippen LogP contribution in [0.3, 0.4) is 0 Å². The van der Waals surface area contributed by atoms with Crippen LogP contribution in [0.15, 0.2) is 218 Å². The van der Waals surface area contributed by atoms with Crippen LogP contribution in [0.5, 0.6) is 0 Å². The van der Waals surface area contributed by atoms with Crippen LogP contribution in [-0.2, 0) is 0 Å². The summed E-state index contributed by atoms with van der Waals surface area (Å²) in [5.41, 5.74) is 17.2. The van der Waals surface area contributed by atoms with Crippen LogP contribution in [0.1, 0.15) is 5.56 Å². The molecule has 0 aliphatic heterocycles. The summed E-state index contributed by atoms with van der Waals surface area (Å²) in [6.07, 6.45) is 0. The molecule has 272 valence electrons. The minimum Gasteiger partial charge on any atom is -0.309 e. The molecular weight excluding hydrogens is 699 g/mol. The van der Waals surface area contributed by atoms with Crippen molar-refractivity contribution in [1.29, 1.82) is 0 Å². The van der Waals surface area contributed by atoms with Gasteiger partial charge in [0, 0.05) is 16.5 Å². The molecule has 11 rings (SSSR count). The summed E-state index contributed by atoms with van der Waals surface area (Å²) in [7, 11) is 0. The predicted molar refractivity (Wildman–Crippen MR) is 248 cm³/mol. The molecule has 0 radical (unpaired) electrons. The first-order valence-corrected chi connectivity index (χ1v) is 20.1. The van der Waals surface area contributed by atoms with Gasteiger partial charge >= 0.3 is 0 Å². The smallest absolute Gasteiger partial charge is 0.0541 e. The van der Waals surface area contributed by atoms with Crippen LogP contribution in [0, 0.1) is 6.92 Å². The van der Waals surface area contributed by atoms with Crippen LogP contribution < -0.4 is 0 Å². The van der Waals surface area contributed by atoms with Crippen molar-refractivity contribution >= 4 is 43.4 Å². The molecule has 11 aromatic rings. The van der Waals surface area contributed by atoms with E-state index in [1.165, 1.54) is 110 Å². The Bertz CT molecular complexity index is 3240. The SMILES string of the molecule is Cc1cccc(-n2c3ccccc3c3cc(-c4ccc(-c5c6ccccc6c(-c6ccc(-c7ccc(-c8ccccc8)cc7)cc6)c6ccccc56)cc4)ccc32)c1. The van der Waals surface area contributed by atoms with Crippen LogP contribution >= 0.6 is 0 Å². The Hall–Kier alpha value is -7.48. The highest BCUT2D eigenvalue weighted by Crippen LogP contribution is 2.44. The van der Waals surface area contributed by atoms with Gasteiger partial charge in [-0.05, 0) is 120 Å². The summed E-state index contributed by atoms with van der Waals surface area (Å²) in [5.74, 6) is 0. The molecule has 1 heterocycles. The Morgan fingerprint density at radius 3 is 1.17 bits per heavy atom. The largest absolute Gasteiger partial charge is 0.309 e. The van der Waals surface area contributed by atoms with Gasteiger partial charge in [-0.2, -0.15) is 0 Å². The van der Waals surface area contributed by atoms with Crippen molar-refractivity contribution in [3.8, 4) is 61.3 Å². The molecule has 0 unspecified atom stereocenters. The van der Waals surface area contributed by atoms with Crippen molar-refractivity contribution < 1.29 is 0 Å². The molecule has 0 aliphatic rings. The minimum absolute atomic E-state index is 1.19. The number of fused-ring (bicyclic) bond motifs is 5. The second-order valence-electron chi connectivity index (χ2n) is 15.4. The van der Waals surface area contributed by atoms with Crippen LogP contribution in [0.4, 0.5) is 0 Å². The van der Waals surface area contributed by atoms with E-state index in [9.17, 15) is 0 Å². The third-order valence-corrected chi connectivity index (χ3v) is 11.9. The molecule has 0 bridgehead atoms. The lowest BCUT2D eigenvalue weighted by atomic mass is 9.85. The number of hydrogen-bond acceptors (Lipinski definition) is 0. The van der Waals surface area contributed by atoms with Crippen LogP contribution in [-0.4, -0.2) is 4.57 Å². The molecule has 0 spiro atoms. The second kappa shape index (κ2) is 13.9. The molecule has 1 nitrogen and oxygen atoms in total. The molecule has 0 aliphatic carbocycles. The molecule has 1 aromatic heterocycles. The number of para-hydroxylation sites is 1. The summed E-state index contributed by atoms with van der Waals surface area (Å²) >= 11 is 0. The quantitative estimate of drug-likeness (QED) is 0.150. The minimum atomic E-state index is 1.19. The average molecular weight is 738 g/mol. The molecular formula is C57H39N. The van der Waals surface area contributed by atoms with Gasteiger partial charge in [0.15, 0.2) is 0 Å². The standard InChI is InChI=1S/C57H39N/c1-38-12-11-15-47(36-38)58-54-21-10-9-16-48(54)53-37-46(34-35-55(53)58)43-28-32-45(33-29-43)57-51-19-7-5-17-49(51)56(50-18-6-8-20-52(50)57)44-30-26-42(27-31-44)41-24-22-40(23-25-41)39-13-3-2-4-14-39/h2-37H,1H3. The van der Waals surface area contributed by atoms with Gasteiger partial charge in [0.1, 0.15) is 0 Å². The summed E-state index contributed by atoms with van der Waals surface area (Å²) in [5, 5.41) is 7.57. The zero-order valence-electron chi connectivity index (χ0n) is 32.2. The zero-order valence-corrected chi connectivity index (χ0v) is 32.2. The van der Waals surface area contributed by atoms with E-state index in [-0.39, 0.29) is 0 Å². The predicted octanol–water partition coefficient (Wildman–Crippen LogP) is 15.7. The molecule has 1 heteroatoms. The first-order chi connectivity index (χ1) is 28.7. The maximum atomic E-state index is 2.39. The third-order valence-electron chi connectivity index (χ3n) is 11.9. The maximum absolute atomic E-state index is 2.39. The first kappa shape index (κ1) is 33.8. The fraction of sp³-hybridized carbons (Fsp3) is 0.0175. The first-order valence-electron chi connectivity index (χ1n) is 20.1. The maximum Gasteiger partial charge on any atom is 0.0541 e. The molecule has 10 aromatic carbocycles. The van der Waals surface area contributed by atoms with E-state index in [0.29, 0.717) is 0 Å². The van der Waals surface area contributed by atoms with E-state index in [1.54, 1.807) is 0 Å². The van der Waals surface area contributed by atoms with Crippen molar-refractivity contribution in [3.05, 3.63) is 224 Å². The highest BCUT2D eigenvalue weighted by molar-refractivity contribution is 6.21. The Balaban J connectivity index is 0.975. The molecule has 0 atom stereocenters. The fourth-order valence-corrected chi connectivity index (χ4v) is 9.09. The molecule has 0 fully saturated rings.